The van der Waals surface area contributed by atoms with Gasteiger partial charge < -0.3 is 10.2 Å². The second-order valence-corrected chi connectivity index (χ2v) is 8.55. The summed E-state index contributed by atoms with van der Waals surface area (Å²) in [7, 11) is 0. The summed E-state index contributed by atoms with van der Waals surface area (Å²) in [5.74, 6) is -0.324. The SMILES string of the molecule is Cc1ccc(C)c(CC(=O)N(Cc2ccc(Cl)cc2Cl)C(C)C(=O)NC(C)C)c1. The van der Waals surface area contributed by atoms with E-state index in [0.29, 0.717) is 10.0 Å². The third-order valence-corrected chi connectivity index (χ3v) is 5.39. The monoisotopic (exact) mass is 434 g/mol. The van der Waals surface area contributed by atoms with Crippen molar-refractivity contribution in [3.63, 3.8) is 0 Å². The number of nitrogens with one attached hydrogen (secondary N) is 1. The summed E-state index contributed by atoms with van der Waals surface area (Å²) >= 11 is 12.3. The van der Waals surface area contributed by atoms with E-state index in [2.05, 4.69) is 5.32 Å². The summed E-state index contributed by atoms with van der Waals surface area (Å²) in [5.41, 5.74) is 3.84. The molecule has 1 atom stereocenters. The van der Waals surface area contributed by atoms with Crippen molar-refractivity contribution in [2.45, 2.75) is 59.7 Å². The number of halogens is 2. The van der Waals surface area contributed by atoms with Crippen molar-refractivity contribution in [2.24, 2.45) is 0 Å². The third-order valence-electron chi connectivity index (χ3n) is 4.80. The molecule has 0 radical (unpaired) electrons. The van der Waals surface area contributed by atoms with Crippen LogP contribution in [0.1, 0.15) is 43.0 Å². The molecule has 29 heavy (non-hydrogen) atoms. The summed E-state index contributed by atoms with van der Waals surface area (Å²) in [5, 5.41) is 3.88. The summed E-state index contributed by atoms with van der Waals surface area (Å²) in [6.07, 6.45) is 0.220. The van der Waals surface area contributed by atoms with Gasteiger partial charge in [0.15, 0.2) is 0 Å². The van der Waals surface area contributed by atoms with Crippen LogP contribution in [-0.4, -0.2) is 28.8 Å². The molecule has 0 fully saturated rings. The van der Waals surface area contributed by atoms with E-state index >= 15 is 0 Å². The number of carbonyl (C=O) groups excluding carboxylic acids is 2. The van der Waals surface area contributed by atoms with Crippen LogP contribution in [0.2, 0.25) is 10.0 Å². The molecule has 1 N–H and O–H groups in total. The van der Waals surface area contributed by atoms with Crippen molar-refractivity contribution in [3.05, 3.63) is 68.7 Å². The van der Waals surface area contributed by atoms with E-state index in [1.165, 1.54) is 0 Å². The molecule has 0 aliphatic rings. The first-order valence-electron chi connectivity index (χ1n) is 9.68. The van der Waals surface area contributed by atoms with Gasteiger partial charge in [0.05, 0.1) is 6.42 Å². The Hall–Kier alpha value is -2.04. The van der Waals surface area contributed by atoms with Gasteiger partial charge in [0.25, 0.3) is 0 Å². The standard InChI is InChI=1S/C23H28Cl2N2O2/c1-14(2)26-23(29)17(5)27(13-18-8-9-20(24)12-21(18)25)22(28)11-19-10-15(3)6-7-16(19)4/h6-10,12,14,17H,11,13H2,1-5H3,(H,26,29). The highest BCUT2D eigenvalue weighted by atomic mass is 35.5. The van der Waals surface area contributed by atoms with E-state index in [4.69, 9.17) is 23.2 Å². The Balaban J connectivity index is 2.33. The van der Waals surface area contributed by atoms with Gasteiger partial charge >= 0.3 is 0 Å². The van der Waals surface area contributed by atoms with Crippen molar-refractivity contribution < 1.29 is 9.59 Å². The summed E-state index contributed by atoms with van der Waals surface area (Å²) in [6.45, 7) is 9.73. The molecule has 2 aromatic carbocycles. The zero-order chi connectivity index (χ0) is 21.7. The number of carbonyl (C=O) groups is 2. The Morgan fingerprint density at radius 3 is 2.31 bits per heavy atom. The summed E-state index contributed by atoms with van der Waals surface area (Å²) in [4.78, 5) is 27.5. The average Bonchev–Trinajstić information content (AvgIpc) is 2.63. The minimum absolute atomic E-state index is 0.0139. The Kier molecular flexibility index (Phi) is 8.12. The van der Waals surface area contributed by atoms with Crippen LogP contribution >= 0.6 is 23.2 Å². The molecule has 6 heteroatoms. The number of benzene rings is 2. The summed E-state index contributed by atoms with van der Waals surface area (Å²) < 4.78 is 0. The van der Waals surface area contributed by atoms with Gasteiger partial charge in [-0.3, -0.25) is 9.59 Å². The van der Waals surface area contributed by atoms with E-state index in [-0.39, 0.29) is 30.8 Å². The van der Waals surface area contributed by atoms with Gasteiger partial charge in [-0.25, -0.2) is 0 Å². The van der Waals surface area contributed by atoms with Crippen LogP contribution in [0.5, 0.6) is 0 Å². The highest BCUT2D eigenvalue weighted by Crippen LogP contribution is 2.24. The maximum atomic E-state index is 13.3. The van der Waals surface area contributed by atoms with Crippen LogP contribution in [0.3, 0.4) is 0 Å². The number of nitrogens with zero attached hydrogens (tertiary/aromatic N) is 1. The average molecular weight is 435 g/mol. The van der Waals surface area contributed by atoms with Gasteiger partial charge in [0.2, 0.25) is 11.8 Å². The fraction of sp³-hybridized carbons (Fsp3) is 0.391. The van der Waals surface area contributed by atoms with E-state index in [0.717, 1.165) is 22.3 Å². The molecular weight excluding hydrogens is 407 g/mol. The van der Waals surface area contributed by atoms with Crippen LogP contribution in [0, 0.1) is 13.8 Å². The van der Waals surface area contributed by atoms with Gasteiger partial charge in [-0.15, -0.1) is 0 Å². The van der Waals surface area contributed by atoms with Gasteiger partial charge in [-0.05, 0) is 63.4 Å². The Morgan fingerprint density at radius 1 is 1.00 bits per heavy atom. The topological polar surface area (TPSA) is 49.4 Å². The minimum Gasteiger partial charge on any atom is -0.352 e. The first-order valence-corrected chi connectivity index (χ1v) is 10.4. The molecule has 2 amide bonds. The van der Waals surface area contributed by atoms with Gasteiger partial charge in [-0.1, -0.05) is 53.0 Å². The van der Waals surface area contributed by atoms with Crippen LogP contribution in [0.4, 0.5) is 0 Å². The maximum absolute atomic E-state index is 13.3. The predicted molar refractivity (Wildman–Crippen MR) is 119 cm³/mol. The van der Waals surface area contributed by atoms with Gasteiger partial charge in [0.1, 0.15) is 6.04 Å². The number of amides is 2. The number of hydrogen-bond acceptors (Lipinski definition) is 2. The second kappa shape index (κ2) is 10.1. The van der Waals surface area contributed by atoms with Gasteiger partial charge in [-0.2, -0.15) is 0 Å². The third kappa shape index (κ3) is 6.48. The normalized spacial score (nSPS) is 12.0. The molecule has 0 aliphatic heterocycles. The molecule has 1 unspecified atom stereocenters. The number of aryl methyl sites for hydroxylation is 2. The van der Waals surface area contributed by atoms with E-state index < -0.39 is 6.04 Å². The highest BCUT2D eigenvalue weighted by Gasteiger charge is 2.27. The van der Waals surface area contributed by atoms with Crippen molar-refractivity contribution in [1.82, 2.24) is 10.2 Å². The fourth-order valence-electron chi connectivity index (χ4n) is 3.08. The highest BCUT2D eigenvalue weighted by molar-refractivity contribution is 6.35. The van der Waals surface area contributed by atoms with E-state index in [9.17, 15) is 9.59 Å². The minimum atomic E-state index is -0.637. The zero-order valence-electron chi connectivity index (χ0n) is 17.6. The molecular formula is C23H28Cl2N2O2. The van der Waals surface area contributed by atoms with Crippen LogP contribution < -0.4 is 5.32 Å². The molecule has 2 rings (SSSR count). The largest absolute Gasteiger partial charge is 0.352 e. The second-order valence-electron chi connectivity index (χ2n) is 7.70. The van der Waals surface area contributed by atoms with E-state index in [1.807, 2.05) is 45.9 Å². The van der Waals surface area contributed by atoms with Crippen molar-refractivity contribution in [1.29, 1.82) is 0 Å². The predicted octanol–water partition coefficient (Wildman–Crippen LogP) is 5.09. The smallest absolute Gasteiger partial charge is 0.242 e. The molecule has 0 heterocycles. The molecule has 156 valence electrons. The molecule has 0 bridgehead atoms. The quantitative estimate of drug-likeness (QED) is 0.658. The lowest BCUT2D eigenvalue weighted by Crippen LogP contribution is -2.49. The lowest BCUT2D eigenvalue weighted by molar-refractivity contribution is -0.140. The molecule has 0 aliphatic carbocycles. The van der Waals surface area contributed by atoms with Crippen molar-refractivity contribution in [3.8, 4) is 0 Å². The zero-order valence-corrected chi connectivity index (χ0v) is 19.1. The first kappa shape index (κ1) is 23.2. The number of rotatable bonds is 7. The number of hydrogen-bond donors (Lipinski definition) is 1. The van der Waals surface area contributed by atoms with Crippen molar-refractivity contribution in [2.75, 3.05) is 0 Å². The molecule has 0 saturated carbocycles. The molecule has 0 saturated heterocycles. The van der Waals surface area contributed by atoms with Crippen LogP contribution in [-0.2, 0) is 22.6 Å². The lowest BCUT2D eigenvalue weighted by atomic mass is 10.0. The van der Waals surface area contributed by atoms with Crippen LogP contribution in [0.15, 0.2) is 36.4 Å². The molecule has 4 nitrogen and oxygen atoms in total. The van der Waals surface area contributed by atoms with E-state index in [1.54, 1.807) is 30.0 Å². The Bertz CT molecular complexity index is 896. The Morgan fingerprint density at radius 2 is 1.69 bits per heavy atom. The fourth-order valence-corrected chi connectivity index (χ4v) is 3.54. The molecule has 0 aromatic heterocycles. The Labute approximate surface area is 183 Å². The molecule has 0 spiro atoms. The summed E-state index contributed by atoms with van der Waals surface area (Å²) in [6, 6.07) is 10.6. The van der Waals surface area contributed by atoms with Crippen molar-refractivity contribution >= 4 is 35.0 Å². The lowest BCUT2D eigenvalue weighted by Gasteiger charge is -2.30. The maximum Gasteiger partial charge on any atom is 0.242 e. The van der Waals surface area contributed by atoms with Crippen LogP contribution in [0.25, 0.3) is 0 Å². The first-order chi connectivity index (χ1) is 13.6. The van der Waals surface area contributed by atoms with Gasteiger partial charge in [0, 0.05) is 22.6 Å². The molecule has 2 aromatic rings.